The van der Waals surface area contributed by atoms with Crippen LogP contribution in [0.25, 0.3) is 0 Å². The lowest BCUT2D eigenvalue weighted by molar-refractivity contribution is -0.161. The van der Waals surface area contributed by atoms with E-state index < -0.39 is 11.6 Å². The maximum absolute atomic E-state index is 13.7. The van der Waals surface area contributed by atoms with Crippen LogP contribution in [-0.2, 0) is 20.7 Å². The van der Waals surface area contributed by atoms with E-state index in [0.29, 0.717) is 38.3 Å². The van der Waals surface area contributed by atoms with Gasteiger partial charge in [-0.25, -0.2) is 4.39 Å². The number of phenols is 1. The molecule has 2 aliphatic heterocycles. The molecule has 1 fully saturated rings. The Kier molecular flexibility index (Phi) is 5.36. The van der Waals surface area contributed by atoms with Gasteiger partial charge < -0.3 is 19.5 Å². The van der Waals surface area contributed by atoms with Crippen LogP contribution in [0.15, 0.2) is 12.1 Å². The molecule has 2 aliphatic rings. The van der Waals surface area contributed by atoms with Gasteiger partial charge in [-0.2, -0.15) is 0 Å². The van der Waals surface area contributed by atoms with Crippen LogP contribution < -0.4 is 4.90 Å². The molecule has 5 nitrogen and oxygen atoms in total. The Hall–Kier alpha value is -1.66. The molecule has 1 aromatic carbocycles. The molecule has 24 heavy (non-hydrogen) atoms. The van der Waals surface area contributed by atoms with E-state index >= 15 is 0 Å². The van der Waals surface area contributed by atoms with E-state index in [4.69, 9.17) is 9.47 Å². The first-order valence-electron chi connectivity index (χ1n) is 8.62. The Labute approximate surface area is 141 Å². The van der Waals surface area contributed by atoms with E-state index in [0.717, 1.165) is 24.8 Å². The molecular weight excluding hydrogens is 313 g/mol. The van der Waals surface area contributed by atoms with E-state index in [9.17, 15) is 14.3 Å². The summed E-state index contributed by atoms with van der Waals surface area (Å²) in [6.07, 6.45) is 4.08. The van der Waals surface area contributed by atoms with Crippen LogP contribution in [0.3, 0.4) is 0 Å². The van der Waals surface area contributed by atoms with Crippen molar-refractivity contribution in [1.29, 1.82) is 0 Å². The van der Waals surface area contributed by atoms with Crippen LogP contribution >= 0.6 is 0 Å². The number of carbonyl (C=O) groups is 1. The van der Waals surface area contributed by atoms with Crippen molar-refractivity contribution in [2.45, 2.75) is 45.3 Å². The lowest BCUT2D eigenvalue weighted by Crippen LogP contribution is -2.38. The van der Waals surface area contributed by atoms with Crippen molar-refractivity contribution >= 4 is 11.6 Å². The van der Waals surface area contributed by atoms with Crippen molar-refractivity contribution in [2.24, 2.45) is 5.92 Å². The number of halogens is 1. The second-order valence-electron chi connectivity index (χ2n) is 6.53. The summed E-state index contributed by atoms with van der Waals surface area (Å²) in [6.45, 7) is 3.30. The van der Waals surface area contributed by atoms with Gasteiger partial charge in [0.25, 0.3) is 0 Å². The van der Waals surface area contributed by atoms with Crippen LogP contribution in [0.2, 0.25) is 0 Å². The second-order valence-corrected chi connectivity index (χ2v) is 6.53. The largest absolute Gasteiger partial charge is 0.505 e. The summed E-state index contributed by atoms with van der Waals surface area (Å²) >= 11 is 0. The fourth-order valence-corrected chi connectivity index (χ4v) is 3.27. The smallest absolute Gasteiger partial charge is 0.229 e. The summed E-state index contributed by atoms with van der Waals surface area (Å²) < 4.78 is 24.9. The molecule has 132 valence electrons. The van der Waals surface area contributed by atoms with Crippen LogP contribution in [0, 0.1) is 11.7 Å². The molecule has 0 radical (unpaired) electrons. The Balaban J connectivity index is 1.74. The van der Waals surface area contributed by atoms with E-state index in [1.165, 1.54) is 12.1 Å². The van der Waals surface area contributed by atoms with Gasteiger partial charge in [0.15, 0.2) is 17.9 Å². The molecule has 2 heterocycles. The van der Waals surface area contributed by atoms with Crippen molar-refractivity contribution in [1.82, 2.24) is 0 Å². The number of benzene rings is 1. The fraction of sp³-hybridized carbons (Fsp3) is 0.611. The number of hydrogen-bond donors (Lipinski definition) is 1. The summed E-state index contributed by atoms with van der Waals surface area (Å²) in [5, 5.41) is 9.70. The number of anilines is 1. The third-order valence-corrected chi connectivity index (χ3v) is 4.73. The number of phenolic OH excluding ortho intramolecular Hbond substituents is 1. The van der Waals surface area contributed by atoms with Gasteiger partial charge in [0, 0.05) is 25.1 Å². The lowest BCUT2D eigenvalue weighted by atomic mass is 10.0. The lowest BCUT2D eigenvalue weighted by Gasteiger charge is -2.27. The number of aryl methyl sites for hydroxylation is 1. The number of ether oxygens (including phenoxy) is 2. The summed E-state index contributed by atoms with van der Waals surface area (Å²) in [5.41, 5.74) is 1.33. The van der Waals surface area contributed by atoms with Gasteiger partial charge in [-0.3, -0.25) is 4.79 Å². The highest BCUT2D eigenvalue weighted by Gasteiger charge is 2.29. The first-order chi connectivity index (χ1) is 11.6. The molecular formula is C18H24FNO4. The average molecular weight is 337 g/mol. The predicted octanol–water partition coefficient (Wildman–Crippen LogP) is 2.99. The Morgan fingerprint density at radius 1 is 1.38 bits per heavy atom. The van der Waals surface area contributed by atoms with Crippen molar-refractivity contribution in [3.8, 4) is 5.75 Å². The van der Waals surface area contributed by atoms with E-state index in [1.807, 2.05) is 6.92 Å². The highest BCUT2D eigenvalue weighted by Crippen LogP contribution is 2.33. The monoisotopic (exact) mass is 337 g/mol. The van der Waals surface area contributed by atoms with Crippen molar-refractivity contribution < 1.29 is 23.8 Å². The minimum absolute atomic E-state index is 0.0204. The summed E-state index contributed by atoms with van der Waals surface area (Å²) in [6, 6.07) is 2.67. The molecule has 3 rings (SSSR count). The highest BCUT2D eigenvalue weighted by molar-refractivity contribution is 5.96. The van der Waals surface area contributed by atoms with Crippen LogP contribution in [0.1, 0.15) is 38.2 Å². The van der Waals surface area contributed by atoms with Gasteiger partial charge in [-0.05, 0) is 43.7 Å². The van der Waals surface area contributed by atoms with E-state index in [2.05, 4.69) is 0 Å². The molecule has 1 N–H and O–H groups in total. The summed E-state index contributed by atoms with van der Waals surface area (Å²) in [7, 11) is 0. The topological polar surface area (TPSA) is 59.0 Å². The maximum Gasteiger partial charge on any atom is 0.229 e. The molecule has 6 heteroatoms. The number of nitrogens with zero attached hydrogens (tertiary/aromatic N) is 1. The first-order valence-corrected chi connectivity index (χ1v) is 8.62. The number of hydrogen-bond acceptors (Lipinski definition) is 4. The number of aromatic hydroxyl groups is 1. The van der Waals surface area contributed by atoms with Gasteiger partial charge >= 0.3 is 0 Å². The third-order valence-electron chi connectivity index (χ3n) is 4.73. The summed E-state index contributed by atoms with van der Waals surface area (Å²) in [4.78, 5) is 14.3. The quantitative estimate of drug-likeness (QED) is 0.918. The Morgan fingerprint density at radius 3 is 2.96 bits per heavy atom. The Morgan fingerprint density at radius 2 is 2.21 bits per heavy atom. The van der Waals surface area contributed by atoms with Crippen LogP contribution in [0.5, 0.6) is 5.75 Å². The van der Waals surface area contributed by atoms with Gasteiger partial charge in [-0.15, -0.1) is 0 Å². The number of rotatable bonds is 4. The molecule has 0 bridgehead atoms. The number of carbonyl (C=O) groups excluding carboxylic acids is 1. The van der Waals surface area contributed by atoms with Gasteiger partial charge in [-0.1, -0.05) is 6.92 Å². The molecule has 0 spiro atoms. The first kappa shape index (κ1) is 17.2. The third kappa shape index (κ3) is 3.70. The van der Waals surface area contributed by atoms with Crippen molar-refractivity contribution in [3.05, 3.63) is 23.5 Å². The van der Waals surface area contributed by atoms with Crippen LogP contribution in [0.4, 0.5) is 10.1 Å². The van der Waals surface area contributed by atoms with Crippen molar-refractivity contribution in [3.63, 3.8) is 0 Å². The SMILES string of the molecule is CC1CCc2cc(F)c(O)cc2N(CCOC2CCCCO2)C1=O. The molecule has 1 amide bonds. The highest BCUT2D eigenvalue weighted by atomic mass is 19.1. The van der Waals surface area contributed by atoms with Gasteiger partial charge in [0.1, 0.15) is 0 Å². The molecule has 2 unspecified atom stereocenters. The molecule has 2 atom stereocenters. The predicted molar refractivity (Wildman–Crippen MR) is 87.4 cm³/mol. The van der Waals surface area contributed by atoms with Crippen LogP contribution in [-0.4, -0.2) is 37.1 Å². The van der Waals surface area contributed by atoms with E-state index in [1.54, 1.807) is 4.90 Å². The number of fused-ring (bicyclic) bond motifs is 1. The summed E-state index contributed by atoms with van der Waals surface area (Å²) in [5.74, 6) is -1.25. The zero-order valence-corrected chi connectivity index (χ0v) is 14.0. The molecule has 0 aliphatic carbocycles. The molecule has 0 aromatic heterocycles. The normalized spacial score (nSPS) is 24.6. The molecule has 1 saturated heterocycles. The maximum atomic E-state index is 13.7. The number of amides is 1. The standard InChI is InChI=1S/C18H24FNO4/c1-12-5-6-13-10-14(19)16(21)11-15(13)20(18(12)22)7-9-24-17-4-2-3-8-23-17/h10-12,17,21H,2-9H2,1H3. The van der Waals surface area contributed by atoms with Gasteiger partial charge in [0.2, 0.25) is 5.91 Å². The average Bonchev–Trinajstić information content (AvgIpc) is 2.69. The molecule has 0 saturated carbocycles. The Bertz CT molecular complexity index is 601. The van der Waals surface area contributed by atoms with Gasteiger partial charge in [0.05, 0.1) is 12.3 Å². The minimum atomic E-state index is -0.650. The zero-order valence-electron chi connectivity index (χ0n) is 14.0. The minimum Gasteiger partial charge on any atom is -0.505 e. The van der Waals surface area contributed by atoms with E-state index in [-0.39, 0.29) is 18.1 Å². The fourth-order valence-electron chi connectivity index (χ4n) is 3.27. The molecule has 1 aromatic rings. The second kappa shape index (κ2) is 7.49. The van der Waals surface area contributed by atoms with Crippen molar-refractivity contribution in [2.75, 3.05) is 24.7 Å². The zero-order chi connectivity index (χ0) is 17.1.